The quantitative estimate of drug-likeness (QED) is 0.841. The lowest BCUT2D eigenvalue weighted by atomic mass is 10.2. The number of aryl methyl sites for hydroxylation is 1. The molecule has 0 saturated carbocycles. The summed E-state index contributed by atoms with van der Waals surface area (Å²) in [4.78, 5) is 8.38. The van der Waals surface area contributed by atoms with Crippen LogP contribution < -0.4 is 0 Å². The molecule has 1 aliphatic rings. The van der Waals surface area contributed by atoms with E-state index < -0.39 is 10.0 Å². The molecule has 122 valence electrons. The first-order valence-corrected chi connectivity index (χ1v) is 9.18. The summed E-state index contributed by atoms with van der Waals surface area (Å²) in [7, 11) is -3.44. The zero-order chi connectivity index (χ0) is 16.3. The van der Waals surface area contributed by atoms with Gasteiger partial charge in [0.1, 0.15) is 11.6 Å². The van der Waals surface area contributed by atoms with Crippen LogP contribution in [0.3, 0.4) is 0 Å². The Labute approximate surface area is 135 Å². The van der Waals surface area contributed by atoms with Gasteiger partial charge in [-0.1, -0.05) is 12.1 Å². The molecule has 23 heavy (non-hydrogen) atoms. The van der Waals surface area contributed by atoms with Crippen LogP contribution in [-0.4, -0.2) is 35.0 Å². The van der Waals surface area contributed by atoms with Crippen molar-refractivity contribution in [3.05, 3.63) is 59.9 Å². The van der Waals surface area contributed by atoms with E-state index in [1.165, 1.54) is 16.4 Å². The maximum Gasteiger partial charge on any atom is 0.215 e. The molecule has 7 heteroatoms. The van der Waals surface area contributed by atoms with Crippen molar-refractivity contribution in [2.45, 2.75) is 25.3 Å². The monoisotopic (exact) mass is 335 g/mol. The molecular formula is C16H18FN3O2S. The summed E-state index contributed by atoms with van der Waals surface area (Å²) in [5, 5.41) is 0. The minimum Gasteiger partial charge on any atom is -0.240 e. The summed E-state index contributed by atoms with van der Waals surface area (Å²) >= 11 is 0. The molecule has 1 aromatic heterocycles. The number of rotatable bonds is 5. The Balaban J connectivity index is 1.73. The second kappa shape index (κ2) is 6.72. The molecule has 5 nitrogen and oxygen atoms in total. The molecule has 1 aliphatic heterocycles. The minimum absolute atomic E-state index is 0.0419. The third-order valence-corrected chi connectivity index (χ3v) is 5.85. The van der Waals surface area contributed by atoms with Crippen molar-refractivity contribution < 1.29 is 12.8 Å². The number of sulfonamides is 1. The number of hydrogen-bond acceptors (Lipinski definition) is 4. The second-order valence-corrected chi connectivity index (χ2v) is 7.61. The van der Waals surface area contributed by atoms with Crippen LogP contribution in [0.25, 0.3) is 0 Å². The van der Waals surface area contributed by atoms with E-state index in [-0.39, 0.29) is 17.6 Å². The van der Waals surface area contributed by atoms with Crippen molar-refractivity contribution in [3.63, 3.8) is 0 Å². The molecule has 0 aliphatic carbocycles. The van der Waals surface area contributed by atoms with E-state index in [9.17, 15) is 12.8 Å². The molecule has 0 amide bonds. The number of hydrogen-bond donors (Lipinski definition) is 0. The Kier molecular flexibility index (Phi) is 4.68. The summed E-state index contributed by atoms with van der Waals surface area (Å²) in [6, 6.07) is 7.46. The minimum atomic E-state index is -3.44. The summed E-state index contributed by atoms with van der Waals surface area (Å²) < 4.78 is 40.0. The van der Waals surface area contributed by atoms with E-state index in [1.54, 1.807) is 30.6 Å². The Bertz CT molecular complexity index is 768. The average molecular weight is 335 g/mol. The molecule has 0 spiro atoms. The molecule has 1 atom stereocenters. The highest BCUT2D eigenvalue weighted by molar-refractivity contribution is 7.89. The maximum atomic E-state index is 13.2. The topological polar surface area (TPSA) is 63.2 Å². The fourth-order valence-corrected chi connectivity index (χ4v) is 4.59. The second-order valence-electron chi connectivity index (χ2n) is 5.57. The van der Waals surface area contributed by atoms with Gasteiger partial charge in [-0.15, -0.1) is 0 Å². The van der Waals surface area contributed by atoms with Crippen LogP contribution >= 0.6 is 0 Å². The van der Waals surface area contributed by atoms with Gasteiger partial charge in [-0.2, -0.15) is 4.31 Å². The molecule has 0 bridgehead atoms. The van der Waals surface area contributed by atoms with E-state index in [0.29, 0.717) is 24.4 Å². The molecule has 3 rings (SSSR count). The predicted molar refractivity (Wildman–Crippen MR) is 84.6 cm³/mol. The van der Waals surface area contributed by atoms with E-state index in [1.807, 2.05) is 0 Å². The normalized spacial score (nSPS) is 19.1. The van der Waals surface area contributed by atoms with Gasteiger partial charge in [0.05, 0.1) is 11.8 Å². The third-order valence-electron chi connectivity index (χ3n) is 3.98. The smallest absolute Gasteiger partial charge is 0.215 e. The Morgan fingerprint density at radius 3 is 2.74 bits per heavy atom. The first-order chi connectivity index (χ1) is 11.1. The van der Waals surface area contributed by atoms with Crippen LogP contribution in [-0.2, 0) is 16.4 Å². The molecule has 0 radical (unpaired) electrons. The Hall–Kier alpha value is -1.86. The van der Waals surface area contributed by atoms with Crippen molar-refractivity contribution in [1.29, 1.82) is 0 Å². The maximum absolute atomic E-state index is 13.2. The molecule has 1 aromatic carbocycles. The Morgan fingerprint density at radius 2 is 2.00 bits per heavy atom. The lowest BCUT2D eigenvalue weighted by molar-refractivity contribution is 0.383. The zero-order valence-corrected chi connectivity index (χ0v) is 13.4. The number of halogens is 1. The SMILES string of the molecule is O=S(=O)(CCc1cccc(F)c1)N1CCC[C@H]1c1ncccn1. The highest BCUT2D eigenvalue weighted by Crippen LogP contribution is 2.32. The molecule has 0 N–H and O–H groups in total. The van der Waals surface area contributed by atoms with Gasteiger partial charge in [0.15, 0.2) is 0 Å². The van der Waals surface area contributed by atoms with Crippen LogP contribution in [0.4, 0.5) is 4.39 Å². The third kappa shape index (κ3) is 3.73. The van der Waals surface area contributed by atoms with E-state index in [0.717, 1.165) is 12.8 Å². The molecule has 2 aromatic rings. The predicted octanol–water partition coefficient (Wildman–Crippen LogP) is 2.33. The lowest BCUT2D eigenvalue weighted by Crippen LogP contribution is -2.34. The summed E-state index contributed by atoms with van der Waals surface area (Å²) in [5.41, 5.74) is 0.681. The van der Waals surface area contributed by atoms with Gasteiger partial charge in [0.25, 0.3) is 0 Å². The average Bonchev–Trinajstić information content (AvgIpc) is 3.05. The lowest BCUT2D eigenvalue weighted by Gasteiger charge is -2.22. The van der Waals surface area contributed by atoms with E-state index in [4.69, 9.17) is 0 Å². The first-order valence-electron chi connectivity index (χ1n) is 7.57. The van der Waals surface area contributed by atoms with Gasteiger partial charge in [-0.3, -0.25) is 0 Å². The van der Waals surface area contributed by atoms with Crippen LogP contribution in [0.15, 0.2) is 42.7 Å². The van der Waals surface area contributed by atoms with Crippen LogP contribution in [0.2, 0.25) is 0 Å². The highest BCUT2D eigenvalue weighted by atomic mass is 32.2. The fourth-order valence-electron chi connectivity index (χ4n) is 2.87. The number of benzene rings is 1. The zero-order valence-electron chi connectivity index (χ0n) is 12.6. The fraction of sp³-hybridized carbons (Fsp3) is 0.375. The van der Waals surface area contributed by atoms with Gasteiger partial charge >= 0.3 is 0 Å². The molecule has 0 unspecified atom stereocenters. The summed E-state index contributed by atoms with van der Waals surface area (Å²) in [6.45, 7) is 0.481. The van der Waals surface area contributed by atoms with Crippen molar-refractivity contribution >= 4 is 10.0 Å². The largest absolute Gasteiger partial charge is 0.240 e. The van der Waals surface area contributed by atoms with Crippen molar-refractivity contribution in [1.82, 2.24) is 14.3 Å². The van der Waals surface area contributed by atoms with E-state index in [2.05, 4.69) is 9.97 Å². The first kappa shape index (κ1) is 16.0. The van der Waals surface area contributed by atoms with Crippen LogP contribution in [0.1, 0.15) is 30.3 Å². The van der Waals surface area contributed by atoms with Gasteiger partial charge in [0, 0.05) is 18.9 Å². The summed E-state index contributed by atoms with van der Waals surface area (Å²) in [5.74, 6) is 0.149. The van der Waals surface area contributed by atoms with Gasteiger partial charge in [-0.05, 0) is 43.0 Å². The standard InChI is InChI=1S/C16H18FN3O2S/c17-14-5-1-4-13(12-14)7-11-23(21,22)20-10-2-6-15(20)16-18-8-3-9-19-16/h1,3-5,8-9,12,15H,2,6-7,10-11H2/t15-/m0/s1. The van der Waals surface area contributed by atoms with Crippen LogP contribution in [0.5, 0.6) is 0 Å². The van der Waals surface area contributed by atoms with Gasteiger partial charge in [-0.25, -0.2) is 22.8 Å². The molecule has 2 heterocycles. The van der Waals surface area contributed by atoms with Gasteiger partial charge in [0.2, 0.25) is 10.0 Å². The van der Waals surface area contributed by atoms with Crippen molar-refractivity contribution in [2.24, 2.45) is 0 Å². The Morgan fingerprint density at radius 1 is 1.22 bits per heavy atom. The molecular weight excluding hydrogens is 317 g/mol. The van der Waals surface area contributed by atoms with Crippen LogP contribution in [0, 0.1) is 5.82 Å². The van der Waals surface area contributed by atoms with E-state index >= 15 is 0 Å². The summed E-state index contributed by atoms with van der Waals surface area (Å²) in [6.07, 6.45) is 5.06. The number of aromatic nitrogens is 2. The number of nitrogens with zero attached hydrogens (tertiary/aromatic N) is 3. The van der Waals surface area contributed by atoms with Gasteiger partial charge < -0.3 is 0 Å². The highest BCUT2D eigenvalue weighted by Gasteiger charge is 2.36. The molecule has 1 saturated heterocycles. The van der Waals surface area contributed by atoms with Crippen molar-refractivity contribution in [3.8, 4) is 0 Å². The molecule has 1 fully saturated rings. The van der Waals surface area contributed by atoms with Crippen molar-refractivity contribution in [2.75, 3.05) is 12.3 Å².